The number of hydrogen-bond donors (Lipinski definition) is 0. The second kappa shape index (κ2) is 9.53. The number of fused-ring (bicyclic) bond motifs is 1. The first-order chi connectivity index (χ1) is 15.7. The average Bonchev–Trinajstić information content (AvgIpc) is 2.77. The Morgan fingerprint density at radius 3 is 2.12 bits per heavy atom. The first kappa shape index (κ1) is 26.0. The summed E-state index contributed by atoms with van der Waals surface area (Å²) in [5.41, 5.74) is -0.275. The van der Waals surface area contributed by atoms with Gasteiger partial charge in [0.1, 0.15) is 6.61 Å². The number of esters is 1. The number of ether oxygens (including phenoxy) is 3. The van der Waals surface area contributed by atoms with Crippen LogP contribution in [0.3, 0.4) is 0 Å². The van der Waals surface area contributed by atoms with Gasteiger partial charge in [0, 0.05) is 5.56 Å². The molecule has 0 N–H and O–H groups in total. The average molecular weight is 505 g/mol. The molecular weight excluding hydrogens is 479 g/mol. The third kappa shape index (κ3) is 4.90. The summed E-state index contributed by atoms with van der Waals surface area (Å²) in [6.07, 6.45) is -0.835. The van der Waals surface area contributed by atoms with Crippen LogP contribution in [-0.4, -0.2) is 33.8 Å². The van der Waals surface area contributed by atoms with Crippen molar-refractivity contribution in [3.05, 3.63) is 52.3 Å². The third-order valence-electron chi connectivity index (χ3n) is 5.24. The van der Waals surface area contributed by atoms with Gasteiger partial charge in [0.05, 0.1) is 11.7 Å². The molecule has 11 heteroatoms. The quantitative estimate of drug-likeness (QED) is 0.135. The van der Waals surface area contributed by atoms with E-state index in [1.165, 1.54) is 19.1 Å². The van der Waals surface area contributed by atoms with Gasteiger partial charge in [-0.1, -0.05) is 20.8 Å². The van der Waals surface area contributed by atoms with Gasteiger partial charge in [-0.25, -0.2) is 18.0 Å². The Hall–Kier alpha value is -2.66. The molecule has 2 atom stereocenters. The van der Waals surface area contributed by atoms with Gasteiger partial charge in [-0.05, 0) is 37.6 Å². The molecule has 34 heavy (non-hydrogen) atoms. The second-order valence-electron chi connectivity index (χ2n) is 9.29. The highest BCUT2D eigenvalue weighted by Crippen LogP contribution is 2.40. The molecule has 1 aliphatic rings. The standard InChI is InChI=1S/C23H25F5O5Si/c1-10-11(22(29)32-20-17(27)15(25)14(24)16(26)18(20)28)7-8-12-19(10)31-13(9-30-12)21(23(2,3)4)33-34(5)6/h7-8,13,21,34H,9H2,1-6H3. The van der Waals surface area contributed by atoms with E-state index in [1.807, 2.05) is 33.9 Å². The van der Waals surface area contributed by atoms with E-state index in [1.54, 1.807) is 0 Å². The van der Waals surface area contributed by atoms with Crippen LogP contribution < -0.4 is 14.2 Å². The summed E-state index contributed by atoms with van der Waals surface area (Å²) in [5.74, 6) is -13.8. The van der Waals surface area contributed by atoms with Crippen LogP contribution in [0.25, 0.3) is 0 Å². The van der Waals surface area contributed by atoms with E-state index < -0.39 is 55.9 Å². The van der Waals surface area contributed by atoms with Crippen molar-refractivity contribution in [2.24, 2.45) is 5.41 Å². The molecule has 2 aromatic carbocycles. The molecule has 1 heterocycles. The van der Waals surface area contributed by atoms with E-state index in [-0.39, 0.29) is 35.0 Å². The van der Waals surface area contributed by atoms with Gasteiger partial charge in [-0.2, -0.15) is 8.78 Å². The smallest absolute Gasteiger partial charge is 0.344 e. The Bertz CT molecular complexity index is 1090. The van der Waals surface area contributed by atoms with E-state index in [9.17, 15) is 26.7 Å². The van der Waals surface area contributed by atoms with Crippen LogP contribution >= 0.6 is 0 Å². The summed E-state index contributed by atoms with van der Waals surface area (Å²) in [4.78, 5) is 12.6. The summed E-state index contributed by atoms with van der Waals surface area (Å²) in [7, 11) is -1.45. The molecule has 0 aromatic heterocycles. The number of carbonyl (C=O) groups excluding carboxylic acids is 1. The fourth-order valence-electron chi connectivity index (χ4n) is 3.62. The van der Waals surface area contributed by atoms with E-state index in [4.69, 9.17) is 13.9 Å². The van der Waals surface area contributed by atoms with Crippen LogP contribution in [0, 0.1) is 41.4 Å². The van der Waals surface area contributed by atoms with Gasteiger partial charge >= 0.3 is 5.97 Å². The third-order valence-corrected chi connectivity index (χ3v) is 6.07. The molecule has 0 fully saturated rings. The van der Waals surface area contributed by atoms with Crippen LogP contribution in [0.4, 0.5) is 22.0 Å². The zero-order chi connectivity index (χ0) is 25.5. The maximum absolute atomic E-state index is 14.0. The van der Waals surface area contributed by atoms with E-state index in [0.29, 0.717) is 5.75 Å². The van der Waals surface area contributed by atoms with Crippen molar-refractivity contribution in [3.63, 3.8) is 0 Å². The van der Waals surface area contributed by atoms with Gasteiger partial charge < -0.3 is 18.6 Å². The fourth-order valence-corrected chi connectivity index (χ4v) is 4.79. The summed E-state index contributed by atoms with van der Waals surface area (Å²) in [6, 6.07) is 2.66. The summed E-state index contributed by atoms with van der Waals surface area (Å²) < 4.78 is 90.8. The molecule has 2 aromatic rings. The lowest BCUT2D eigenvalue weighted by molar-refractivity contribution is -0.0477. The van der Waals surface area contributed by atoms with Crippen LogP contribution in [0.1, 0.15) is 36.7 Å². The minimum atomic E-state index is -2.35. The Morgan fingerprint density at radius 2 is 1.59 bits per heavy atom. The molecule has 0 spiro atoms. The lowest BCUT2D eigenvalue weighted by Gasteiger charge is -2.40. The zero-order valence-corrected chi connectivity index (χ0v) is 20.7. The number of carbonyl (C=O) groups is 1. The Kier molecular flexibility index (Phi) is 7.28. The topological polar surface area (TPSA) is 54.0 Å². The van der Waals surface area contributed by atoms with Crippen molar-refractivity contribution in [3.8, 4) is 17.2 Å². The first-order valence-electron chi connectivity index (χ1n) is 10.6. The van der Waals surface area contributed by atoms with Gasteiger partial charge in [0.25, 0.3) is 0 Å². The normalized spacial score (nSPS) is 16.5. The summed E-state index contributed by atoms with van der Waals surface area (Å²) >= 11 is 0. The van der Waals surface area contributed by atoms with Crippen molar-refractivity contribution >= 4 is 15.0 Å². The van der Waals surface area contributed by atoms with Crippen molar-refractivity contribution < 1.29 is 45.4 Å². The van der Waals surface area contributed by atoms with Crippen LogP contribution in [0.15, 0.2) is 12.1 Å². The highest BCUT2D eigenvalue weighted by atomic mass is 28.3. The maximum Gasteiger partial charge on any atom is 0.344 e. The minimum Gasteiger partial charge on any atom is -0.486 e. The Labute approximate surface area is 195 Å². The molecule has 186 valence electrons. The number of hydrogen-bond acceptors (Lipinski definition) is 5. The van der Waals surface area contributed by atoms with Crippen LogP contribution in [-0.2, 0) is 4.43 Å². The molecule has 0 amide bonds. The van der Waals surface area contributed by atoms with E-state index in [0.717, 1.165) is 0 Å². The molecule has 0 bridgehead atoms. The Morgan fingerprint density at radius 1 is 1.03 bits per heavy atom. The molecular formula is C23H25F5O5Si. The van der Waals surface area contributed by atoms with Gasteiger partial charge in [-0.3, -0.25) is 0 Å². The molecule has 0 radical (unpaired) electrons. The molecule has 3 rings (SSSR count). The minimum absolute atomic E-state index is 0.196. The largest absolute Gasteiger partial charge is 0.486 e. The fraction of sp³-hybridized carbons (Fsp3) is 0.435. The molecule has 0 saturated carbocycles. The first-order valence-corrected chi connectivity index (χ1v) is 13.3. The summed E-state index contributed by atoms with van der Waals surface area (Å²) in [6.45, 7) is 11.7. The number of benzene rings is 2. The van der Waals surface area contributed by atoms with Crippen molar-refractivity contribution in [2.75, 3.05) is 6.61 Å². The highest BCUT2D eigenvalue weighted by molar-refractivity contribution is 6.48. The monoisotopic (exact) mass is 504 g/mol. The molecule has 5 nitrogen and oxygen atoms in total. The second-order valence-corrected chi connectivity index (χ2v) is 11.7. The van der Waals surface area contributed by atoms with Gasteiger partial charge in [0.2, 0.25) is 34.8 Å². The van der Waals surface area contributed by atoms with E-state index in [2.05, 4.69) is 4.74 Å². The predicted molar refractivity (Wildman–Crippen MR) is 115 cm³/mol. The lowest BCUT2D eigenvalue weighted by atomic mass is 9.85. The molecule has 1 aliphatic heterocycles. The maximum atomic E-state index is 14.0. The van der Waals surface area contributed by atoms with Gasteiger partial charge in [0.15, 0.2) is 26.6 Å². The molecule has 2 unspecified atom stereocenters. The van der Waals surface area contributed by atoms with Crippen molar-refractivity contribution in [1.29, 1.82) is 0 Å². The molecule has 0 saturated heterocycles. The zero-order valence-electron chi connectivity index (χ0n) is 19.5. The predicted octanol–water partition coefficient (Wildman–Crippen LogP) is 5.46. The van der Waals surface area contributed by atoms with Crippen molar-refractivity contribution in [2.45, 2.75) is 53.0 Å². The number of halogens is 5. The van der Waals surface area contributed by atoms with Crippen molar-refractivity contribution in [1.82, 2.24) is 0 Å². The lowest BCUT2D eigenvalue weighted by Crippen LogP contribution is -2.49. The SMILES string of the molecule is Cc1c(C(=O)Oc2c(F)c(F)c(F)c(F)c2F)ccc2c1OC(C(O[SiH](C)C)C(C)(C)C)CO2. The van der Waals surface area contributed by atoms with Gasteiger partial charge in [-0.15, -0.1) is 0 Å². The van der Waals surface area contributed by atoms with Crippen LogP contribution in [0.5, 0.6) is 17.2 Å². The number of rotatable bonds is 5. The Balaban J connectivity index is 1.94. The highest BCUT2D eigenvalue weighted by Gasteiger charge is 2.39. The van der Waals surface area contributed by atoms with E-state index >= 15 is 0 Å². The molecule has 0 aliphatic carbocycles. The summed E-state index contributed by atoms with van der Waals surface area (Å²) in [5, 5.41) is 0. The van der Waals surface area contributed by atoms with Crippen LogP contribution in [0.2, 0.25) is 13.1 Å².